The molecule has 3 rings (SSSR count). The maximum Gasteiger partial charge on any atom is 0.305 e. The number of rotatable bonds is 9. The SMILES string of the molecule is CC1(Cl)CC[C@@H]2[C@@H](C1)c1c(O)cc(CCCCCC(=O)NCCC(=O)O)cc1OC2(C)C. The number of carbonyl (C=O) groups excluding carboxylic acids is 1. The minimum absolute atomic E-state index is 0.0574. The Morgan fingerprint density at radius 3 is 2.66 bits per heavy atom. The Morgan fingerprint density at radius 2 is 1.94 bits per heavy atom. The number of amides is 1. The lowest BCUT2D eigenvalue weighted by Crippen LogP contribution is -2.48. The van der Waals surface area contributed by atoms with Crippen molar-refractivity contribution in [1.29, 1.82) is 0 Å². The smallest absolute Gasteiger partial charge is 0.305 e. The number of phenols is 1. The third kappa shape index (κ3) is 6.09. The van der Waals surface area contributed by atoms with Crippen LogP contribution in [-0.4, -0.2) is 39.1 Å². The Balaban J connectivity index is 1.56. The number of hydrogen-bond donors (Lipinski definition) is 3. The zero-order valence-corrected chi connectivity index (χ0v) is 20.1. The Kier molecular flexibility index (Phi) is 7.64. The number of nitrogens with one attached hydrogen (secondary N) is 1. The van der Waals surface area contributed by atoms with Crippen molar-refractivity contribution in [2.75, 3.05) is 6.54 Å². The van der Waals surface area contributed by atoms with E-state index < -0.39 is 5.97 Å². The van der Waals surface area contributed by atoms with Crippen LogP contribution in [0, 0.1) is 5.92 Å². The molecule has 1 aliphatic heterocycles. The van der Waals surface area contributed by atoms with Gasteiger partial charge in [-0.15, -0.1) is 11.6 Å². The number of fused-ring (bicyclic) bond motifs is 3. The lowest BCUT2D eigenvalue weighted by atomic mass is 9.64. The van der Waals surface area contributed by atoms with Crippen molar-refractivity contribution in [3.8, 4) is 11.5 Å². The second-order valence-corrected chi connectivity index (χ2v) is 11.1. The summed E-state index contributed by atoms with van der Waals surface area (Å²) in [6.07, 6.45) is 6.44. The first-order valence-electron chi connectivity index (χ1n) is 11.7. The molecule has 3 N–H and O–H groups in total. The van der Waals surface area contributed by atoms with E-state index in [2.05, 4.69) is 32.2 Å². The van der Waals surface area contributed by atoms with Gasteiger partial charge in [0, 0.05) is 29.3 Å². The maximum atomic E-state index is 11.7. The summed E-state index contributed by atoms with van der Waals surface area (Å²) in [4.78, 5) is 21.9. The van der Waals surface area contributed by atoms with E-state index in [4.69, 9.17) is 21.4 Å². The lowest BCUT2D eigenvalue weighted by molar-refractivity contribution is -0.136. The molecule has 2 aliphatic rings. The van der Waals surface area contributed by atoms with E-state index in [0.29, 0.717) is 18.1 Å². The second-order valence-electron chi connectivity index (χ2n) is 10.2. The highest BCUT2D eigenvalue weighted by atomic mass is 35.5. The van der Waals surface area contributed by atoms with Crippen LogP contribution < -0.4 is 10.1 Å². The molecule has 1 saturated carbocycles. The molecule has 0 bridgehead atoms. The minimum Gasteiger partial charge on any atom is -0.508 e. The number of aliphatic carboxylic acids is 1. The summed E-state index contributed by atoms with van der Waals surface area (Å²) in [6, 6.07) is 3.92. The summed E-state index contributed by atoms with van der Waals surface area (Å²) in [5.41, 5.74) is 1.64. The van der Waals surface area contributed by atoms with Gasteiger partial charge in [-0.05, 0) is 82.9 Å². The largest absolute Gasteiger partial charge is 0.508 e. The van der Waals surface area contributed by atoms with Crippen LogP contribution >= 0.6 is 11.6 Å². The quantitative estimate of drug-likeness (QED) is 0.346. The second kappa shape index (κ2) is 9.90. The zero-order chi connectivity index (χ0) is 23.5. The van der Waals surface area contributed by atoms with Crippen LogP contribution in [0.2, 0.25) is 0 Å². The van der Waals surface area contributed by atoms with Crippen molar-refractivity contribution >= 4 is 23.5 Å². The monoisotopic (exact) mass is 465 g/mol. The van der Waals surface area contributed by atoms with Gasteiger partial charge in [-0.2, -0.15) is 0 Å². The first-order valence-corrected chi connectivity index (χ1v) is 12.1. The lowest BCUT2D eigenvalue weighted by Gasteiger charge is -2.50. The molecule has 1 fully saturated rings. The molecule has 178 valence electrons. The summed E-state index contributed by atoms with van der Waals surface area (Å²) in [5, 5.41) is 22.1. The van der Waals surface area contributed by atoms with Gasteiger partial charge in [0.15, 0.2) is 0 Å². The first-order chi connectivity index (χ1) is 15.0. The summed E-state index contributed by atoms with van der Waals surface area (Å²) in [6.45, 7) is 6.53. The molecule has 7 heteroatoms. The molecular formula is C25H36ClNO5. The number of hydrogen-bond acceptors (Lipinski definition) is 4. The minimum atomic E-state index is -0.915. The molecule has 32 heavy (non-hydrogen) atoms. The van der Waals surface area contributed by atoms with E-state index in [1.807, 2.05) is 6.07 Å². The van der Waals surface area contributed by atoms with Crippen LogP contribution in [0.3, 0.4) is 0 Å². The van der Waals surface area contributed by atoms with Crippen molar-refractivity contribution < 1.29 is 24.5 Å². The van der Waals surface area contributed by atoms with Crippen LogP contribution in [0.1, 0.15) is 89.2 Å². The fourth-order valence-corrected chi connectivity index (χ4v) is 5.59. The molecule has 1 aliphatic carbocycles. The van der Waals surface area contributed by atoms with Gasteiger partial charge in [-0.25, -0.2) is 0 Å². The number of carboxylic acid groups (broad SMARTS) is 1. The van der Waals surface area contributed by atoms with Crippen molar-refractivity contribution in [1.82, 2.24) is 5.32 Å². The highest BCUT2D eigenvalue weighted by Crippen LogP contribution is 2.57. The summed E-state index contributed by atoms with van der Waals surface area (Å²) < 4.78 is 6.39. The molecular weight excluding hydrogens is 430 g/mol. The molecule has 0 spiro atoms. The molecule has 1 heterocycles. The van der Waals surface area contributed by atoms with Crippen molar-refractivity contribution in [3.63, 3.8) is 0 Å². The van der Waals surface area contributed by atoms with Gasteiger partial charge in [-0.3, -0.25) is 9.59 Å². The molecule has 6 nitrogen and oxygen atoms in total. The highest BCUT2D eigenvalue weighted by Gasteiger charge is 2.50. The predicted octanol–water partition coefficient (Wildman–Crippen LogP) is 5.14. The number of phenolic OH excluding ortho intramolecular Hbond substituents is 1. The number of unbranched alkanes of at least 4 members (excludes halogenated alkanes) is 2. The van der Waals surface area contributed by atoms with Crippen LogP contribution in [-0.2, 0) is 16.0 Å². The van der Waals surface area contributed by atoms with E-state index in [1.54, 1.807) is 0 Å². The average molecular weight is 466 g/mol. The first kappa shape index (κ1) is 24.7. The van der Waals surface area contributed by atoms with E-state index in [0.717, 1.165) is 61.8 Å². The number of aromatic hydroxyl groups is 1. The fraction of sp³-hybridized carbons (Fsp3) is 0.680. The van der Waals surface area contributed by atoms with Gasteiger partial charge in [0.1, 0.15) is 17.1 Å². The number of alkyl halides is 1. The Morgan fingerprint density at radius 1 is 1.19 bits per heavy atom. The molecule has 0 saturated heterocycles. The van der Waals surface area contributed by atoms with Gasteiger partial charge < -0.3 is 20.3 Å². The van der Waals surface area contributed by atoms with Crippen LogP contribution in [0.15, 0.2) is 12.1 Å². The van der Waals surface area contributed by atoms with Gasteiger partial charge in [0.05, 0.1) is 6.42 Å². The van der Waals surface area contributed by atoms with Crippen LogP contribution in [0.25, 0.3) is 0 Å². The highest BCUT2D eigenvalue weighted by molar-refractivity contribution is 6.23. The third-order valence-electron chi connectivity index (χ3n) is 6.95. The van der Waals surface area contributed by atoms with Crippen LogP contribution in [0.4, 0.5) is 0 Å². The summed E-state index contributed by atoms with van der Waals surface area (Å²) in [7, 11) is 0. The Bertz CT molecular complexity index is 851. The fourth-order valence-electron chi connectivity index (χ4n) is 5.31. The van der Waals surface area contributed by atoms with Crippen molar-refractivity contribution in [3.05, 3.63) is 23.3 Å². The molecule has 3 atom stereocenters. The number of carbonyl (C=O) groups is 2. The maximum absolute atomic E-state index is 11.7. The molecule has 0 radical (unpaired) electrons. The number of halogens is 1. The van der Waals surface area contributed by atoms with Gasteiger partial charge in [-0.1, -0.05) is 6.42 Å². The molecule has 1 unspecified atom stereocenters. The predicted molar refractivity (Wildman–Crippen MR) is 125 cm³/mol. The Labute approximate surface area is 195 Å². The molecule has 1 aromatic carbocycles. The van der Waals surface area contributed by atoms with Gasteiger partial charge in [0.25, 0.3) is 0 Å². The van der Waals surface area contributed by atoms with E-state index >= 15 is 0 Å². The third-order valence-corrected chi connectivity index (χ3v) is 7.30. The topological polar surface area (TPSA) is 95.9 Å². The van der Waals surface area contributed by atoms with Crippen molar-refractivity contribution in [2.45, 2.75) is 95.0 Å². The number of ether oxygens (including phenoxy) is 1. The average Bonchev–Trinajstić information content (AvgIpc) is 2.65. The number of benzene rings is 1. The summed E-state index contributed by atoms with van der Waals surface area (Å²) >= 11 is 6.72. The molecule has 1 aromatic rings. The summed E-state index contributed by atoms with van der Waals surface area (Å²) in [5.74, 6) is 0.579. The van der Waals surface area contributed by atoms with Gasteiger partial charge in [0.2, 0.25) is 5.91 Å². The number of aryl methyl sites for hydroxylation is 1. The standard InChI is InChI=1S/C25H36ClNO5/c1-24(2)18-9-11-25(3,26)15-17(18)23-19(28)13-16(14-20(23)32-24)7-5-4-6-8-21(29)27-12-10-22(30)31/h13-14,17-18,28H,4-12,15H2,1-3H3,(H,27,29)(H,30,31)/t17-,18-,25?/m1/s1. The normalized spacial score (nSPS) is 25.9. The zero-order valence-electron chi connectivity index (χ0n) is 19.4. The van der Waals surface area contributed by atoms with Gasteiger partial charge >= 0.3 is 5.97 Å². The van der Waals surface area contributed by atoms with E-state index in [1.165, 1.54) is 0 Å². The van der Waals surface area contributed by atoms with Crippen LogP contribution in [0.5, 0.6) is 11.5 Å². The molecule has 0 aromatic heterocycles. The van der Waals surface area contributed by atoms with E-state index in [-0.39, 0.29) is 35.3 Å². The van der Waals surface area contributed by atoms with E-state index in [9.17, 15) is 14.7 Å². The molecule has 1 amide bonds. The van der Waals surface area contributed by atoms with Crippen molar-refractivity contribution in [2.24, 2.45) is 5.92 Å². The number of carboxylic acids is 1. The Hall–Kier alpha value is -1.95.